The molecule has 1 aromatic rings. The molecule has 2 atom stereocenters. The van der Waals surface area contributed by atoms with Crippen molar-refractivity contribution in [1.82, 2.24) is 14.7 Å². The van der Waals surface area contributed by atoms with Gasteiger partial charge in [0.05, 0.1) is 5.69 Å². The van der Waals surface area contributed by atoms with Crippen molar-refractivity contribution in [2.45, 2.75) is 52.6 Å². The van der Waals surface area contributed by atoms with E-state index in [4.69, 9.17) is 5.73 Å². The van der Waals surface area contributed by atoms with Crippen LogP contribution in [0.2, 0.25) is 0 Å². The van der Waals surface area contributed by atoms with Crippen LogP contribution >= 0.6 is 24.8 Å². The fourth-order valence-electron chi connectivity index (χ4n) is 3.19. The Bertz CT molecular complexity index is 408. The second-order valence-corrected chi connectivity index (χ2v) is 5.98. The van der Waals surface area contributed by atoms with Crippen LogP contribution in [0.4, 0.5) is 0 Å². The third-order valence-electron chi connectivity index (χ3n) is 4.17. The summed E-state index contributed by atoms with van der Waals surface area (Å²) in [6.07, 6.45) is 3.68. The second kappa shape index (κ2) is 9.67. The van der Waals surface area contributed by atoms with E-state index in [2.05, 4.69) is 41.5 Å². The third kappa shape index (κ3) is 5.78. The van der Waals surface area contributed by atoms with Gasteiger partial charge in [0.2, 0.25) is 0 Å². The Labute approximate surface area is 141 Å². The summed E-state index contributed by atoms with van der Waals surface area (Å²) in [5, 5.41) is 4.51. The van der Waals surface area contributed by atoms with Crippen LogP contribution in [0, 0.1) is 19.8 Å². The molecule has 0 spiro atoms. The SMILES string of the molecule is CCC[C@H]1CN(CCCn2nc(C)cc2C)C[C@@H]1N.Cl.Cl. The molecule has 1 aliphatic heterocycles. The number of nitrogens with two attached hydrogens (primary N) is 1. The van der Waals surface area contributed by atoms with Gasteiger partial charge in [0, 0.05) is 31.4 Å². The zero-order valence-corrected chi connectivity index (χ0v) is 15.1. The summed E-state index contributed by atoms with van der Waals surface area (Å²) < 4.78 is 2.12. The first kappa shape index (κ1) is 20.7. The molecule has 0 amide bonds. The summed E-state index contributed by atoms with van der Waals surface area (Å²) in [5.41, 5.74) is 8.58. The van der Waals surface area contributed by atoms with Gasteiger partial charge in [-0.2, -0.15) is 5.10 Å². The van der Waals surface area contributed by atoms with Gasteiger partial charge in [0.15, 0.2) is 0 Å². The Hall–Kier alpha value is -0.290. The van der Waals surface area contributed by atoms with E-state index < -0.39 is 0 Å². The fraction of sp³-hybridized carbons (Fsp3) is 0.800. The Morgan fingerprint density at radius 3 is 2.52 bits per heavy atom. The summed E-state index contributed by atoms with van der Waals surface area (Å²) in [4.78, 5) is 2.52. The van der Waals surface area contributed by atoms with Gasteiger partial charge in [-0.3, -0.25) is 4.68 Å². The summed E-state index contributed by atoms with van der Waals surface area (Å²) >= 11 is 0. The molecule has 1 aliphatic rings. The quantitative estimate of drug-likeness (QED) is 0.868. The van der Waals surface area contributed by atoms with Crippen LogP contribution in [0.1, 0.15) is 37.6 Å². The van der Waals surface area contributed by atoms with Crippen molar-refractivity contribution in [2.75, 3.05) is 19.6 Å². The fourth-order valence-corrected chi connectivity index (χ4v) is 3.19. The van der Waals surface area contributed by atoms with Gasteiger partial charge in [0.25, 0.3) is 0 Å². The van der Waals surface area contributed by atoms with Crippen LogP contribution in [-0.4, -0.2) is 40.4 Å². The molecule has 0 bridgehead atoms. The third-order valence-corrected chi connectivity index (χ3v) is 4.17. The molecular formula is C15H30Cl2N4. The number of nitrogens with zero attached hydrogens (tertiary/aromatic N) is 3. The first-order valence-corrected chi connectivity index (χ1v) is 7.59. The zero-order valence-electron chi connectivity index (χ0n) is 13.4. The van der Waals surface area contributed by atoms with Crippen molar-refractivity contribution in [3.63, 3.8) is 0 Å². The van der Waals surface area contributed by atoms with E-state index in [1.807, 2.05) is 0 Å². The van der Waals surface area contributed by atoms with Crippen LogP contribution in [-0.2, 0) is 6.54 Å². The van der Waals surface area contributed by atoms with Crippen molar-refractivity contribution in [2.24, 2.45) is 11.7 Å². The topological polar surface area (TPSA) is 47.1 Å². The van der Waals surface area contributed by atoms with Crippen molar-refractivity contribution in [1.29, 1.82) is 0 Å². The minimum atomic E-state index is 0. The molecule has 21 heavy (non-hydrogen) atoms. The maximum Gasteiger partial charge on any atom is 0.0596 e. The Morgan fingerprint density at radius 2 is 1.95 bits per heavy atom. The molecule has 2 N–H and O–H groups in total. The van der Waals surface area contributed by atoms with Crippen LogP contribution in [0.25, 0.3) is 0 Å². The molecule has 0 radical (unpaired) electrons. The number of rotatable bonds is 6. The van der Waals surface area contributed by atoms with Gasteiger partial charge >= 0.3 is 0 Å². The van der Waals surface area contributed by atoms with E-state index in [9.17, 15) is 0 Å². The molecule has 0 unspecified atom stereocenters. The molecule has 1 aromatic heterocycles. The molecule has 2 rings (SSSR count). The number of hydrogen-bond donors (Lipinski definition) is 1. The molecule has 2 heterocycles. The number of hydrogen-bond acceptors (Lipinski definition) is 3. The van der Waals surface area contributed by atoms with Gasteiger partial charge < -0.3 is 10.6 Å². The first-order valence-electron chi connectivity index (χ1n) is 7.59. The zero-order chi connectivity index (χ0) is 13.8. The number of aromatic nitrogens is 2. The molecule has 0 aliphatic carbocycles. The van der Waals surface area contributed by atoms with E-state index in [-0.39, 0.29) is 24.8 Å². The van der Waals surface area contributed by atoms with Crippen molar-refractivity contribution < 1.29 is 0 Å². The molecule has 4 nitrogen and oxygen atoms in total. The summed E-state index contributed by atoms with van der Waals surface area (Å²) in [6, 6.07) is 2.52. The highest BCUT2D eigenvalue weighted by atomic mass is 35.5. The predicted molar refractivity (Wildman–Crippen MR) is 93.6 cm³/mol. The highest BCUT2D eigenvalue weighted by Gasteiger charge is 2.28. The van der Waals surface area contributed by atoms with Gasteiger partial charge in [0.1, 0.15) is 0 Å². The molecule has 1 saturated heterocycles. The highest BCUT2D eigenvalue weighted by Crippen LogP contribution is 2.20. The standard InChI is InChI=1S/C15H28N4.2ClH/c1-4-6-14-10-18(11-15(14)16)7-5-8-19-13(3)9-12(2)17-19;;/h9,14-15H,4-8,10-11,16H2,1-3H3;2*1H/t14-,15-;;/m0../s1. The van der Waals surface area contributed by atoms with Gasteiger partial charge in [-0.1, -0.05) is 13.3 Å². The van der Waals surface area contributed by atoms with E-state index in [1.54, 1.807) is 0 Å². The Kier molecular flexibility index (Phi) is 9.54. The van der Waals surface area contributed by atoms with Crippen LogP contribution in [0.5, 0.6) is 0 Å². The van der Waals surface area contributed by atoms with Crippen molar-refractivity contribution in [3.05, 3.63) is 17.5 Å². The molecule has 1 fully saturated rings. The van der Waals surface area contributed by atoms with Crippen LogP contribution in [0.15, 0.2) is 6.07 Å². The molecule has 6 heteroatoms. The molecule has 0 saturated carbocycles. The van der Waals surface area contributed by atoms with Gasteiger partial charge in [-0.25, -0.2) is 0 Å². The monoisotopic (exact) mass is 336 g/mol. The largest absolute Gasteiger partial charge is 0.326 e. The normalized spacial score (nSPS) is 21.9. The highest BCUT2D eigenvalue weighted by molar-refractivity contribution is 5.85. The lowest BCUT2D eigenvalue weighted by atomic mass is 9.99. The minimum absolute atomic E-state index is 0. The smallest absolute Gasteiger partial charge is 0.0596 e. The van der Waals surface area contributed by atoms with Gasteiger partial charge in [-0.05, 0) is 45.2 Å². The molecule has 124 valence electrons. The Morgan fingerprint density at radius 1 is 1.24 bits per heavy atom. The lowest BCUT2D eigenvalue weighted by Gasteiger charge is -2.15. The predicted octanol–water partition coefficient (Wildman–Crippen LogP) is 2.79. The average molecular weight is 337 g/mol. The van der Waals surface area contributed by atoms with E-state index in [0.717, 1.165) is 31.7 Å². The van der Waals surface area contributed by atoms with Gasteiger partial charge in [-0.15, -0.1) is 24.8 Å². The van der Waals surface area contributed by atoms with E-state index in [1.165, 1.54) is 25.1 Å². The first-order chi connectivity index (χ1) is 9.10. The number of aryl methyl sites for hydroxylation is 3. The lowest BCUT2D eigenvalue weighted by molar-refractivity contribution is 0.305. The maximum atomic E-state index is 6.21. The Balaban J connectivity index is 0.00000200. The summed E-state index contributed by atoms with van der Waals surface area (Å²) in [6.45, 7) is 10.9. The van der Waals surface area contributed by atoms with E-state index in [0.29, 0.717) is 12.0 Å². The number of likely N-dealkylation sites (tertiary alicyclic amines) is 1. The van der Waals surface area contributed by atoms with Crippen molar-refractivity contribution >= 4 is 24.8 Å². The lowest BCUT2D eigenvalue weighted by Crippen LogP contribution is -2.30. The maximum absolute atomic E-state index is 6.21. The van der Waals surface area contributed by atoms with Crippen LogP contribution < -0.4 is 5.73 Å². The summed E-state index contributed by atoms with van der Waals surface area (Å²) in [7, 11) is 0. The minimum Gasteiger partial charge on any atom is -0.326 e. The molecular weight excluding hydrogens is 307 g/mol. The molecule has 0 aromatic carbocycles. The summed E-state index contributed by atoms with van der Waals surface area (Å²) in [5.74, 6) is 0.707. The number of halogens is 2. The second-order valence-electron chi connectivity index (χ2n) is 5.98. The average Bonchev–Trinajstić information content (AvgIpc) is 2.84. The van der Waals surface area contributed by atoms with Crippen molar-refractivity contribution in [3.8, 4) is 0 Å². The van der Waals surface area contributed by atoms with E-state index >= 15 is 0 Å². The van der Waals surface area contributed by atoms with Crippen LogP contribution in [0.3, 0.4) is 0 Å².